The van der Waals surface area contributed by atoms with Crippen molar-refractivity contribution < 1.29 is 4.42 Å². The van der Waals surface area contributed by atoms with Crippen molar-refractivity contribution in [1.29, 1.82) is 0 Å². The van der Waals surface area contributed by atoms with Gasteiger partial charge in [-0.05, 0) is 24.6 Å². The van der Waals surface area contributed by atoms with Gasteiger partial charge in [-0.15, -0.1) is 0 Å². The smallest absolute Gasteiger partial charge is 0.336 e. The molecule has 3 aromatic heterocycles. The Hall–Kier alpha value is -2.73. The molecule has 0 amide bonds. The molecule has 1 aromatic carbocycles. The summed E-state index contributed by atoms with van der Waals surface area (Å²) in [6.07, 6.45) is 2.99. The Balaban J connectivity index is 2.00. The van der Waals surface area contributed by atoms with Gasteiger partial charge in [-0.25, -0.2) is 19.7 Å². The van der Waals surface area contributed by atoms with Crippen LogP contribution < -0.4 is 5.63 Å². The molecule has 0 aliphatic carbocycles. The fraction of sp³-hybridized carbons (Fsp3) is 0.0667. The van der Waals surface area contributed by atoms with Crippen molar-refractivity contribution in [3.63, 3.8) is 0 Å². The first-order chi connectivity index (χ1) is 10.6. The molecule has 6 nitrogen and oxygen atoms in total. The molecule has 0 spiro atoms. The number of aromatic nitrogens is 4. The van der Waals surface area contributed by atoms with E-state index in [9.17, 15) is 4.79 Å². The molecular weight excluding hydrogens is 304 g/mol. The van der Waals surface area contributed by atoms with Crippen LogP contribution in [0.4, 0.5) is 0 Å². The van der Waals surface area contributed by atoms with Crippen molar-refractivity contribution >= 4 is 33.7 Å². The van der Waals surface area contributed by atoms with E-state index in [0.29, 0.717) is 21.9 Å². The molecule has 0 aliphatic rings. The van der Waals surface area contributed by atoms with Crippen molar-refractivity contribution in [2.45, 2.75) is 6.92 Å². The fourth-order valence-corrected chi connectivity index (χ4v) is 2.64. The minimum Gasteiger partial charge on any atom is -0.423 e. The van der Waals surface area contributed by atoms with Crippen molar-refractivity contribution in [3.8, 4) is 5.69 Å². The number of fused-ring (bicyclic) bond motifs is 2. The van der Waals surface area contributed by atoms with Gasteiger partial charge in [0.25, 0.3) is 0 Å². The molecule has 4 aromatic rings. The summed E-state index contributed by atoms with van der Waals surface area (Å²) < 4.78 is 7.04. The second-order valence-corrected chi connectivity index (χ2v) is 5.24. The summed E-state index contributed by atoms with van der Waals surface area (Å²) in [4.78, 5) is 23.9. The highest BCUT2D eigenvalue weighted by Gasteiger charge is 2.11. The van der Waals surface area contributed by atoms with E-state index in [1.165, 1.54) is 12.4 Å². The van der Waals surface area contributed by atoms with Crippen LogP contribution in [0, 0.1) is 6.92 Å². The Labute approximate surface area is 129 Å². The minimum absolute atomic E-state index is 0.298. The summed E-state index contributed by atoms with van der Waals surface area (Å²) >= 11 is 6.01. The van der Waals surface area contributed by atoms with Gasteiger partial charge in [0.1, 0.15) is 23.8 Å². The predicted octanol–water partition coefficient (Wildman–Crippen LogP) is 2.88. The Bertz CT molecular complexity index is 1080. The van der Waals surface area contributed by atoms with E-state index >= 15 is 0 Å². The minimum atomic E-state index is -0.372. The number of nitrogens with zero attached hydrogens (tertiary/aromatic N) is 4. The number of benzene rings is 1. The van der Waals surface area contributed by atoms with E-state index < -0.39 is 0 Å². The molecule has 0 N–H and O–H groups in total. The number of imidazole rings is 1. The van der Waals surface area contributed by atoms with Crippen molar-refractivity contribution in [1.82, 2.24) is 19.5 Å². The van der Waals surface area contributed by atoms with Crippen LogP contribution in [-0.4, -0.2) is 19.5 Å². The van der Waals surface area contributed by atoms with E-state index in [4.69, 9.17) is 16.0 Å². The zero-order valence-corrected chi connectivity index (χ0v) is 12.2. The first-order valence-corrected chi connectivity index (χ1v) is 6.90. The predicted molar refractivity (Wildman–Crippen MR) is 82.4 cm³/mol. The van der Waals surface area contributed by atoms with Gasteiger partial charge < -0.3 is 4.42 Å². The van der Waals surface area contributed by atoms with E-state index in [0.717, 1.165) is 16.6 Å². The zero-order chi connectivity index (χ0) is 15.3. The standard InChI is InChI=1S/C15H9ClN4O2/c1-8-4-12(21)22-11-5-9(2-3-10(8)11)20-7-19-13-14(16)17-6-18-15(13)20/h2-7H,1H3. The molecule has 0 radical (unpaired) electrons. The third-order valence-electron chi connectivity index (χ3n) is 3.50. The summed E-state index contributed by atoms with van der Waals surface area (Å²) in [6, 6.07) is 7.06. The third kappa shape index (κ3) is 1.88. The fourth-order valence-electron chi connectivity index (χ4n) is 2.46. The summed E-state index contributed by atoms with van der Waals surface area (Å²) in [5.74, 6) is 0. The van der Waals surface area contributed by atoms with Gasteiger partial charge in [-0.1, -0.05) is 11.6 Å². The topological polar surface area (TPSA) is 73.8 Å². The SMILES string of the molecule is Cc1cc(=O)oc2cc(-n3cnc4c(Cl)ncnc43)ccc12. The van der Waals surface area contributed by atoms with Crippen LogP contribution in [0.25, 0.3) is 27.8 Å². The van der Waals surface area contributed by atoms with Gasteiger partial charge in [0.15, 0.2) is 10.8 Å². The van der Waals surface area contributed by atoms with Crippen molar-refractivity contribution in [2.24, 2.45) is 0 Å². The van der Waals surface area contributed by atoms with Gasteiger partial charge in [-0.3, -0.25) is 4.57 Å². The molecule has 0 saturated heterocycles. The highest BCUT2D eigenvalue weighted by Crippen LogP contribution is 2.24. The van der Waals surface area contributed by atoms with E-state index in [-0.39, 0.29) is 5.63 Å². The van der Waals surface area contributed by atoms with E-state index in [1.54, 1.807) is 17.0 Å². The molecule has 22 heavy (non-hydrogen) atoms. The number of aryl methyl sites for hydroxylation is 1. The number of halogens is 1. The van der Waals surface area contributed by atoms with Gasteiger partial charge in [0.05, 0.1) is 5.69 Å². The summed E-state index contributed by atoms with van der Waals surface area (Å²) in [5, 5.41) is 1.19. The third-order valence-corrected chi connectivity index (χ3v) is 3.78. The molecule has 0 bridgehead atoms. The first-order valence-electron chi connectivity index (χ1n) is 6.52. The van der Waals surface area contributed by atoms with Crippen LogP contribution >= 0.6 is 11.6 Å². The molecule has 0 aliphatic heterocycles. The lowest BCUT2D eigenvalue weighted by molar-refractivity contribution is 0.559. The number of rotatable bonds is 1. The Morgan fingerprint density at radius 2 is 2.05 bits per heavy atom. The maximum atomic E-state index is 11.5. The van der Waals surface area contributed by atoms with Gasteiger partial charge in [0, 0.05) is 17.5 Å². The van der Waals surface area contributed by atoms with Crippen LogP contribution in [0.15, 0.2) is 46.1 Å². The Morgan fingerprint density at radius 3 is 2.91 bits per heavy atom. The quantitative estimate of drug-likeness (QED) is 0.399. The van der Waals surface area contributed by atoms with Crippen molar-refractivity contribution in [2.75, 3.05) is 0 Å². The normalized spacial score (nSPS) is 11.4. The highest BCUT2D eigenvalue weighted by atomic mass is 35.5. The Morgan fingerprint density at radius 1 is 1.18 bits per heavy atom. The number of hydrogen-bond acceptors (Lipinski definition) is 5. The second-order valence-electron chi connectivity index (χ2n) is 4.88. The molecule has 108 valence electrons. The van der Waals surface area contributed by atoms with Gasteiger partial charge >= 0.3 is 5.63 Å². The van der Waals surface area contributed by atoms with Crippen LogP contribution in [-0.2, 0) is 0 Å². The molecule has 7 heteroatoms. The average molecular weight is 313 g/mol. The van der Waals surface area contributed by atoms with Crippen LogP contribution in [0.2, 0.25) is 5.15 Å². The molecule has 0 unspecified atom stereocenters. The van der Waals surface area contributed by atoms with Crippen LogP contribution in [0.1, 0.15) is 5.56 Å². The molecule has 3 heterocycles. The summed E-state index contributed by atoms with van der Waals surface area (Å²) in [6.45, 7) is 1.87. The molecule has 0 fully saturated rings. The van der Waals surface area contributed by atoms with Gasteiger partial charge in [0.2, 0.25) is 0 Å². The molecule has 0 atom stereocenters. The lowest BCUT2D eigenvalue weighted by atomic mass is 10.1. The lowest BCUT2D eigenvalue weighted by Gasteiger charge is -2.06. The highest BCUT2D eigenvalue weighted by molar-refractivity contribution is 6.33. The summed E-state index contributed by atoms with van der Waals surface area (Å²) in [7, 11) is 0. The maximum Gasteiger partial charge on any atom is 0.336 e. The molecular formula is C15H9ClN4O2. The van der Waals surface area contributed by atoms with Crippen molar-refractivity contribution in [3.05, 3.63) is 58.1 Å². The molecule has 4 rings (SSSR count). The lowest BCUT2D eigenvalue weighted by Crippen LogP contribution is -1.99. The average Bonchev–Trinajstić information content (AvgIpc) is 2.92. The maximum absolute atomic E-state index is 11.5. The zero-order valence-electron chi connectivity index (χ0n) is 11.4. The largest absolute Gasteiger partial charge is 0.423 e. The number of hydrogen-bond donors (Lipinski definition) is 0. The first kappa shape index (κ1) is 13.0. The second kappa shape index (κ2) is 4.64. The van der Waals surface area contributed by atoms with Crippen LogP contribution in [0.3, 0.4) is 0 Å². The monoisotopic (exact) mass is 312 g/mol. The van der Waals surface area contributed by atoms with Crippen LogP contribution in [0.5, 0.6) is 0 Å². The Kier molecular flexibility index (Phi) is 2.74. The van der Waals surface area contributed by atoms with E-state index in [1.807, 2.05) is 19.1 Å². The molecule has 0 saturated carbocycles. The van der Waals surface area contributed by atoms with E-state index in [2.05, 4.69) is 15.0 Å². The van der Waals surface area contributed by atoms with Gasteiger partial charge in [-0.2, -0.15) is 0 Å². The summed E-state index contributed by atoms with van der Waals surface area (Å²) in [5.41, 5.74) is 2.91.